The highest BCUT2D eigenvalue weighted by atomic mass is 35.5. The minimum Gasteiger partial charge on any atom is -0.481 e. The molecule has 1 aromatic heterocycles. The van der Waals surface area contributed by atoms with Crippen molar-refractivity contribution in [3.63, 3.8) is 0 Å². The van der Waals surface area contributed by atoms with Gasteiger partial charge < -0.3 is 5.11 Å². The van der Waals surface area contributed by atoms with Crippen molar-refractivity contribution in [2.24, 2.45) is 0 Å². The van der Waals surface area contributed by atoms with E-state index in [2.05, 4.69) is 4.98 Å². The normalized spacial score (nSPS) is 12.6. The molecule has 0 bridgehead atoms. The number of pyridine rings is 1. The van der Waals surface area contributed by atoms with Crippen molar-refractivity contribution in [2.75, 3.05) is 6.54 Å². The molecule has 0 aliphatic rings. The zero-order chi connectivity index (χ0) is 23.3. The lowest BCUT2D eigenvalue weighted by Crippen LogP contribution is -2.35. The van der Waals surface area contributed by atoms with Crippen LogP contribution in [0, 0.1) is 6.92 Å². The summed E-state index contributed by atoms with van der Waals surface area (Å²) < 4.78 is 28.7. The van der Waals surface area contributed by atoms with E-state index in [1.807, 2.05) is 43.3 Å². The third-order valence-corrected chi connectivity index (χ3v) is 7.91. The lowest BCUT2D eigenvalue weighted by Gasteiger charge is -2.29. The molecule has 6 nitrogen and oxygen atoms in total. The van der Waals surface area contributed by atoms with Crippen LogP contribution in [-0.2, 0) is 14.8 Å². The fourth-order valence-electron chi connectivity index (χ4n) is 3.59. The van der Waals surface area contributed by atoms with Crippen LogP contribution in [0.15, 0.2) is 71.9 Å². The van der Waals surface area contributed by atoms with E-state index in [0.717, 1.165) is 16.7 Å². The lowest BCUT2D eigenvalue weighted by molar-refractivity contribution is -0.137. The van der Waals surface area contributed by atoms with Gasteiger partial charge in [0.2, 0.25) is 10.0 Å². The molecular formula is C24H25ClN2O4S. The average molecular weight is 473 g/mol. The standard InChI is InChI=1S/C24H25ClN2O4S/c1-17-22(25)8-4-9-23(17)32(30,31)27(15-5-10-24(28)29)18(2)20-6-3-7-21(16-20)19-11-13-26-14-12-19/h3-4,6-9,11-14,16,18H,5,10,15H2,1-2H3,(H,28,29)/t18-/m0/s1. The van der Waals surface area contributed by atoms with Crippen molar-refractivity contribution in [1.29, 1.82) is 0 Å². The summed E-state index contributed by atoms with van der Waals surface area (Å²) in [5.41, 5.74) is 3.19. The van der Waals surface area contributed by atoms with E-state index in [0.29, 0.717) is 10.6 Å². The van der Waals surface area contributed by atoms with E-state index in [9.17, 15) is 13.2 Å². The Morgan fingerprint density at radius 1 is 1.09 bits per heavy atom. The van der Waals surface area contributed by atoms with Gasteiger partial charge in [-0.25, -0.2) is 8.42 Å². The molecule has 0 saturated carbocycles. The van der Waals surface area contributed by atoms with Crippen molar-refractivity contribution in [1.82, 2.24) is 9.29 Å². The van der Waals surface area contributed by atoms with E-state index in [4.69, 9.17) is 16.7 Å². The van der Waals surface area contributed by atoms with Crippen LogP contribution >= 0.6 is 11.6 Å². The van der Waals surface area contributed by atoms with Gasteiger partial charge in [0, 0.05) is 36.4 Å². The Hall–Kier alpha value is -2.74. The Kier molecular flexibility index (Phi) is 7.66. The molecule has 8 heteroatoms. The minimum absolute atomic E-state index is 0.0707. The number of halogens is 1. The van der Waals surface area contributed by atoms with Crippen LogP contribution in [0.2, 0.25) is 5.02 Å². The summed E-state index contributed by atoms with van der Waals surface area (Å²) in [5.74, 6) is -0.964. The Morgan fingerprint density at radius 3 is 2.47 bits per heavy atom. The number of aliphatic carboxylic acids is 1. The SMILES string of the molecule is Cc1c(Cl)cccc1S(=O)(=O)N(CCCC(=O)O)[C@@H](C)c1cccc(-c2ccncc2)c1. The molecule has 32 heavy (non-hydrogen) atoms. The molecule has 0 amide bonds. The van der Waals surface area contributed by atoms with E-state index in [-0.39, 0.29) is 24.3 Å². The van der Waals surface area contributed by atoms with Crippen molar-refractivity contribution in [3.8, 4) is 11.1 Å². The fraction of sp³-hybridized carbons (Fsp3) is 0.250. The van der Waals surface area contributed by atoms with Gasteiger partial charge in [-0.1, -0.05) is 35.9 Å². The third-order valence-electron chi connectivity index (χ3n) is 5.39. The zero-order valence-corrected chi connectivity index (χ0v) is 19.5. The van der Waals surface area contributed by atoms with Crippen LogP contribution < -0.4 is 0 Å². The van der Waals surface area contributed by atoms with Crippen LogP contribution in [0.3, 0.4) is 0 Å². The van der Waals surface area contributed by atoms with Crippen LogP contribution in [0.25, 0.3) is 11.1 Å². The van der Waals surface area contributed by atoms with Gasteiger partial charge in [-0.2, -0.15) is 4.31 Å². The van der Waals surface area contributed by atoms with Gasteiger partial charge in [0.25, 0.3) is 0 Å². The number of carboxylic acid groups (broad SMARTS) is 1. The smallest absolute Gasteiger partial charge is 0.303 e. The Morgan fingerprint density at radius 2 is 1.78 bits per heavy atom. The molecule has 0 fully saturated rings. The molecule has 1 atom stereocenters. The van der Waals surface area contributed by atoms with Gasteiger partial charge in [-0.15, -0.1) is 0 Å². The summed E-state index contributed by atoms with van der Waals surface area (Å²) in [4.78, 5) is 15.2. The number of rotatable bonds is 9. The number of carbonyl (C=O) groups is 1. The number of hydrogen-bond donors (Lipinski definition) is 1. The maximum Gasteiger partial charge on any atom is 0.303 e. The maximum atomic E-state index is 13.7. The van der Waals surface area contributed by atoms with Gasteiger partial charge in [-0.05, 0) is 72.9 Å². The average Bonchev–Trinajstić information content (AvgIpc) is 2.78. The van der Waals surface area contributed by atoms with E-state index >= 15 is 0 Å². The van der Waals surface area contributed by atoms with E-state index < -0.39 is 22.0 Å². The largest absolute Gasteiger partial charge is 0.481 e. The first-order valence-electron chi connectivity index (χ1n) is 10.2. The summed E-state index contributed by atoms with van der Waals surface area (Å²) in [6.07, 6.45) is 3.49. The first kappa shape index (κ1) is 23.9. The summed E-state index contributed by atoms with van der Waals surface area (Å²) in [6, 6.07) is 15.7. The summed E-state index contributed by atoms with van der Waals surface area (Å²) in [7, 11) is -3.93. The molecule has 2 aromatic carbocycles. The number of nitrogens with zero attached hydrogens (tertiary/aromatic N) is 2. The highest BCUT2D eigenvalue weighted by Gasteiger charge is 2.31. The molecule has 0 radical (unpaired) electrons. The molecule has 0 aliphatic heterocycles. The Bertz CT molecular complexity index is 1200. The first-order chi connectivity index (χ1) is 15.2. The van der Waals surface area contributed by atoms with Crippen LogP contribution in [0.1, 0.15) is 36.9 Å². The number of aromatic nitrogens is 1. The number of benzene rings is 2. The number of hydrogen-bond acceptors (Lipinski definition) is 4. The maximum absolute atomic E-state index is 13.7. The summed E-state index contributed by atoms with van der Waals surface area (Å²) >= 11 is 6.19. The molecular weight excluding hydrogens is 448 g/mol. The summed E-state index contributed by atoms with van der Waals surface area (Å²) in [6.45, 7) is 3.55. The van der Waals surface area contributed by atoms with Crippen molar-refractivity contribution >= 4 is 27.6 Å². The van der Waals surface area contributed by atoms with Gasteiger partial charge in [0.1, 0.15) is 0 Å². The van der Waals surface area contributed by atoms with Gasteiger partial charge in [0.05, 0.1) is 4.90 Å². The topological polar surface area (TPSA) is 87.6 Å². The van der Waals surface area contributed by atoms with Crippen molar-refractivity contribution < 1.29 is 18.3 Å². The van der Waals surface area contributed by atoms with Gasteiger partial charge in [0.15, 0.2) is 0 Å². The molecule has 0 unspecified atom stereocenters. The monoisotopic (exact) mass is 472 g/mol. The minimum atomic E-state index is -3.93. The fourth-order valence-corrected chi connectivity index (χ4v) is 5.73. The van der Waals surface area contributed by atoms with Crippen LogP contribution in [-0.4, -0.2) is 35.3 Å². The Labute approximate surface area is 193 Å². The second kappa shape index (κ2) is 10.3. The molecule has 168 valence electrons. The van der Waals surface area contributed by atoms with Crippen LogP contribution in [0.5, 0.6) is 0 Å². The molecule has 3 rings (SSSR count). The number of carboxylic acids is 1. The lowest BCUT2D eigenvalue weighted by atomic mass is 10.0. The second-order valence-corrected chi connectivity index (χ2v) is 9.78. The molecule has 1 N–H and O–H groups in total. The second-order valence-electron chi connectivity index (χ2n) is 7.51. The molecule has 3 aromatic rings. The van der Waals surface area contributed by atoms with Crippen molar-refractivity contribution in [2.45, 2.75) is 37.6 Å². The van der Waals surface area contributed by atoms with Crippen molar-refractivity contribution in [3.05, 3.63) is 83.1 Å². The zero-order valence-electron chi connectivity index (χ0n) is 17.9. The predicted molar refractivity (Wildman–Crippen MR) is 125 cm³/mol. The molecule has 0 aliphatic carbocycles. The quantitative estimate of drug-likeness (QED) is 0.455. The van der Waals surface area contributed by atoms with Gasteiger partial charge in [-0.3, -0.25) is 9.78 Å². The predicted octanol–water partition coefficient (Wildman–Crippen LogP) is 5.33. The molecule has 1 heterocycles. The molecule has 0 saturated heterocycles. The highest BCUT2D eigenvalue weighted by molar-refractivity contribution is 7.89. The number of sulfonamides is 1. The van der Waals surface area contributed by atoms with Gasteiger partial charge >= 0.3 is 5.97 Å². The molecule has 0 spiro atoms. The Balaban J connectivity index is 2.02. The third kappa shape index (κ3) is 5.35. The first-order valence-corrected chi connectivity index (χ1v) is 12.0. The highest BCUT2D eigenvalue weighted by Crippen LogP contribution is 2.33. The van der Waals surface area contributed by atoms with E-state index in [1.165, 1.54) is 10.4 Å². The summed E-state index contributed by atoms with van der Waals surface area (Å²) in [5, 5.41) is 9.42. The van der Waals surface area contributed by atoms with Crippen LogP contribution in [0.4, 0.5) is 0 Å². The van der Waals surface area contributed by atoms with E-state index in [1.54, 1.807) is 31.5 Å².